The predicted molar refractivity (Wildman–Crippen MR) is 68.5 cm³/mol. The van der Waals surface area contributed by atoms with Crippen molar-refractivity contribution in [3.63, 3.8) is 0 Å². The smallest absolute Gasteiger partial charge is 0.251 e. The molecule has 0 saturated carbocycles. The largest absolute Gasteiger partial charge is 0.345 e. The quantitative estimate of drug-likeness (QED) is 0.836. The van der Waals surface area contributed by atoms with Crippen LogP contribution in [0.3, 0.4) is 0 Å². The number of carbonyl (C=O) groups is 1. The molecule has 94 valence electrons. The van der Waals surface area contributed by atoms with Crippen LogP contribution in [0.5, 0.6) is 0 Å². The molecule has 1 amide bonds. The summed E-state index contributed by atoms with van der Waals surface area (Å²) in [5.41, 5.74) is 2.13. The fourth-order valence-electron chi connectivity index (χ4n) is 1.62. The van der Waals surface area contributed by atoms with Gasteiger partial charge in [0, 0.05) is 23.0 Å². The summed E-state index contributed by atoms with van der Waals surface area (Å²) in [7, 11) is 0. The topological polar surface area (TPSA) is 70.7 Å². The van der Waals surface area contributed by atoms with Crippen molar-refractivity contribution in [2.45, 2.75) is 19.9 Å². The summed E-state index contributed by atoms with van der Waals surface area (Å²) in [6, 6.07) is 3.12. The molecule has 0 aliphatic heterocycles. The van der Waals surface area contributed by atoms with Crippen molar-refractivity contribution in [1.29, 1.82) is 0 Å². The van der Waals surface area contributed by atoms with Crippen molar-refractivity contribution in [1.82, 2.24) is 20.5 Å². The highest BCUT2D eigenvalue weighted by Crippen LogP contribution is 2.13. The number of H-pyrrole nitrogens is 1. The minimum absolute atomic E-state index is 0.122. The van der Waals surface area contributed by atoms with E-state index in [1.807, 2.05) is 6.92 Å². The van der Waals surface area contributed by atoms with Crippen LogP contribution in [0.15, 0.2) is 24.5 Å². The number of hydrogen-bond acceptors (Lipinski definition) is 3. The summed E-state index contributed by atoms with van der Waals surface area (Å²) in [5, 5.41) is 9.74. The van der Waals surface area contributed by atoms with Gasteiger partial charge in [-0.2, -0.15) is 5.10 Å². The van der Waals surface area contributed by atoms with Gasteiger partial charge in [0.1, 0.15) is 5.15 Å². The number of hydrogen-bond donors (Lipinski definition) is 2. The van der Waals surface area contributed by atoms with Gasteiger partial charge in [0.25, 0.3) is 5.91 Å². The molecule has 0 radical (unpaired) electrons. The summed E-state index contributed by atoms with van der Waals surface area (Å²) < 4.78 is 0. The number of aromatic nitrogens is 3. The Morgan fingerprint density at radius 3 is 2.89 bits per heavy atom. The highest BCUT2D eigenvalue weighted by Gasteiger charge is 2.13. The lowest BCUT2D eigenvalue weighted by atomic mass is 10.1. The van der Waals surface area contributed by atoms with Crippen LogP contribution in [0, 0.1) is 6.92 Å². The van der Waals surface area contributed by atoms with Crippen molar-refractivity contribution in [2.24, 2.45) is 0 Å². The molecule has 18 heavy (non-hydrogen) atoms. The van der Waals surface area contributed by atoms with Gasteiger partial charge in [-0.3, -0.25) is 9.89 Å². The molecular weight excluding hydrogens is 252 g/mol. The summed E-state index contributed by atoms with van der Waals surface area (Å²) in [6.07, 6.45) is 3.42. The Balaban J connectivity index is 2.12. The molecule has 0 aromatic carbocycles. The molecule has 0 saturated heterocycles. The summed E-state index contributed by atoms with van der Waals surface area (Å²) in [4.78, 5) is 16.0. The standard InChI is InChI=1S/C12H13ClN4O/c1-7-3-9(4-11(13)16-7)12(18)17-8(2)10-5-14-15-6-10/h3-6,8H,1-2H3,(H,14,15)(H,17,18). The number of nitrogens with one attached hydrogen (secondary N) is 2. The second-order valence-electron chi connectivity index (χ2n) is 4.05. The second kappa shape index (κ2) is 5.18. The average Bonchev–Trinajstić information content (AvgIpc) is 2.80. The van der Waals surface area contributed by atoms with Gasteiger partial charge in [-0.1, -0.05) is 11.6 Å². The van der Waals surface area contributed by atoms with Gasteiger partial charge in [0.15, 0.2) is 0 Å². The summed E-state index contributed by atoms with van der Waals surface area (Å²) >= 11 is 5.82. The van der Waals surface area contributed by atoms with Crippen molar-refractivity contribution in [3.8, 4) is 0 Å². The molecule has 6 heteroatoms. The highest BCUT2D eigenvalue weighted by atomic mass is 35.5. The Hall–Kier alpha value is -1.88. The van der Waals surface area contributed by atoms with Crippen LogP contribution >= 0.6 is 11.6 Å². The van der Waals surface area contributed by atoms with Crippen molar-refractivity contribution in [2.75, 3.05) is 0 Å². The van der Waals surface area contributed by atoms with Crippen LogP contribution in [0.1, 0.15) is 34.6 Å². The molecule has 2 aromatic heterocycles. The molecule has 0 aliphatic carbocycles. The maximum Gasteiger partial charge on any atom is 0.251 e. The van der Waals surface area contributed by atoms with E-state index in [0.717, 1.165) is 5.56 Å². The lowest BCUT2D eigenvalue weighted by Crippen LogP contribution is -2.26. The lowest BCUT2D eigenvalue weighted by Gasteiger charge is -2.12. The van der Waals surface area contributed by atoms with E-state index in [0.29, 0.717) is 16.4 Å². The summed E-state index contributed by atoms with van der Waals surface area (Å²) in [6.45, 7) is 3.68. The van der Waals surface area contributed by atoms with Crippen molar-refractivity contribution in [3.05, 3.63) is 46.5 Å². The monoisotopic (exact) mass is 264 g/mol. The number of halogens is 1. The van der Waals surface area contributed by atoms with E-state index in [2.05, 4.69) is 20.5 Å². The molecule has 2 heterocycles. The van der Waals surface area contributed by atoms with Crippen LogP contribution in [-0.2, 0) is 0 Å². The van der Waals surface area contributed by atoms with Gasteiger partial charge < -0.3 is 5.32 Å². The molecule has 2 aromatic rings. The van der Waals surface area contributed by atoms with E-state index < -0.39 is 0 Å². The first kappa shape index (κ1) is 12.6. The zero-order valence-electron chi connectivity index (χ0n) is 10.1. The van der Waals surface area contributed by atoms with Gasteiger partial charge in [0.2, 0.25) is 0 Å². The first-order valence-electron chi connectivity index (χ1n) is 5.50. The first-order chi connectivity index (χ1) is 8.56. The molecule has 1 unspecified atom stereocenters. The van der Waals surface area contributed by atoms with Gasteiger partial charge in [-0.15, -0.1) is 0 Å². The van der Waals surface area contributed by atoms with E-state index in [9.17, 15) is 4.79 Å². The number of aryl methyl sites for hydroxylation is 1. The van der Waals surface area contributed by atoms with Crippen LogP contribution < -0.4 is 5.32 Å². The third-order valence-corrected chi connectivity index (χ3v) is 2.74. The Morgan fingerprint density at radius 1 is 1.50 bits per heavy atom. The van der Waals surface area contributed by atoms with Gasteiger partial charge in [-0.05, 0) is 26.0 Å². The maximum absolute atomic E-state index is 12.0. The fraction of sp³-hybridized carbons (Fsp3) is 0.250. The van der Waals surface area contributed by atoms with Crippen LogP contribution in [0.4, 0.5) is 0 Å². The SMILES string of the molecule is Cc1cc(C(=O)NC(C)c2cn[nH]c2)cc(Cl)n1. The van der Waals surface area contributed by atoms with E-state index in [-0.39, 0.29) is 11.9 Å². The Bertz CT molecular complexity index is 533. The number of pyridine rings is 1. The number of aromatic amines is 1. The molecule has 2 rings (SSSR count). The Kier molecular flexibility index (Phi) is 3.62. The zero-order valence-corrected chi connectivity index (χ0v) is 10.8. The van der Waals surface area contributed by atoms with E-state index in [1.165, 1.54) is 0 Å². The Labute approximate surface area is 110 Å². The van der Waals surface area contributed by atoms with Gasteiger partial charge in [0.05, 0.1) is 12.2 Å². The molecule has 0 aliphatic rings. The van der Waals surface area contributed by atoms with Gasteiger partial charge in [-0.25, -0.2) is 4.98 Å². The first-order valence-corrected chi connectivity index (χ1v) is 5.88. The minimum Gasteiger partial charge on any atom is -0.345 e. The third-order valence-electron chi connectivity index (χ3n) is 2.55. The third kappa shape index (κ3) is 2.87. The molecule has 5 nitrogen and oxygen atoms in total. The molecule has 1 atom stereocenters. The molecule has 0 spiro atoms. The maximum atomic E-state index is 12.0. The van der Waals surface area contributed by atoms with E-state index in [4.69, 9.17) is 11.6 Å². The number of carbonyl (C=O) groups excluding carboxylic acids is 1. The predicted octanol–water partition coefficient (Wildman–Crippen LogP) is 2.26. The minimum atomic E-state index is -0.184. The zero-order chi connectivity index (χ0) is 13.1. The van der Waals surface area contributed by atoms with Crippen molar-refractivity contribution < 1.29 is 4.79 Å². The number of nitrogens with zero attached hydrogens (tertiary/aromatic N) is 2. The van der Waals surface area contributed by atoms with Crippen LogP contribution in [0.2, 0.25) is 5.15 Å². The molecular formula is C12H13ClN4O. The lowest BCUT2D eigenvalue weighted by molar-refractivity contribution is 0.0939. The Morgan fingerprint density at radius 2 is 2.28 bits per heavy atom. The normalized spacial score (nSPS) is 12.2. The summed E-state index contributed by atoms with van der Waals surface area (Å²) in [5.74, 6) is -0.184. The van der Waals surface area contributed by atoms with Gasteiger partial charge >= 0.3 is 0 Å². The number of rotatable bonds is 3. The van der Waals surface area contributed by atoms with Crippen molar-refractivity contribution >= 4 is 17.5 Å². The number of amides is 1. The second-order valence-corrected chi connectivity index (χ2v) is 4.43. The highest BCUT2D eigenvalue weighted by molar-refractivity contribution is 6.29. The van der Waals surface area contributed by atoms with Crippen LogP contribution in [-0.4, -0.2) is 21.1 Å². The molecule has 0 bridgehead atoms. The average molecular weight is 265 g/mol. The van der Waals surface area contributed by atoms with E-state index >= 15 is 0 Å². The molecule has 2 N–H and O–H groups in total. The molecule has 0 fully saturated rings. The fourth-order valence-corrected chi connectivity index (χ4v) is 1.87. The van der Waals surface area contributed by atoms with Crippen LogP contribution in [0.25, 0.3) is 0 Å². The van der Waals surface area contributed by atoms with E-state index in [1.54, 1.807) is 31.5 Å².